The fourth-order valence-electron chi connectivity index (χ4n) is 3.15. The normalized spacial score (nSPS) is 15.3. The van der Waals surface area contributed by atoms with Crippen molar-refractivity contribution in [3.63, 3.8) is 0 Å². The molecule has 0 atom stereocenters. The zero-order valence-corrected chi connectivity index (χ0v) is 19.8. The molecule has 3 N–H and O–H groups in total. The number of benzene rings is 1. The van der Waals surface area contributed by atoms with Gasteiger partial charge in [0, 0.05) is 37.3 Å². The Labute approximate surface area is 190 Å². The number of hydrogen-bond acceptors (Lipinski definition) is 3. The van der Waals surface area contributed by atoms with E-state index in [1.165, 1.54) is 38.8 Å². The molecule has 1 amide bonds. The van der Waals surface area contributed by atoms with E-state index in [1.54, 1.807) is 31.3 Å². The van der Waals surface area contributed by atoms with Gasteiger partial charge in [0.2, 0.25) is 0 Å². The SMILES string of the molecule is CN=C(NCCCN1CCCCCC1)NCCNC(=O)c1ccc(Cl)cc1.I. The van der Waals surface area contributed by atoms with Crippen LogP contribution in [0, 0.1) is 0 Å². The summed E-state index contributed by atoms with van der Waals surface area (Å²) < 4.78 is 0. The van der Waals surface area contributed by atoms with Gasteiger partial charge in [-0.05, 0) is 63.2 Å². The highest BCUT2D eigenvalue weighted by Gasteiger charge is 2.08. The maximum atomic E-state index is 12.0. The monoisotopic (exact) mass is 521 g/mol. The third-order valence-corrected chi connectivity index (χ3v) is 4.93. The van der Waals surface area contributed by atoms with E-state index in [-0.39, 0.29) is 29.9 Å². The number of likely N-dealkylation sites (tertiary alicyclic amines) is 1. The Balaban J connectivity index is 0.00000392. The second-order valence-corrected chi connectivity index (χ2v) is 7.23. The van der Waals surface area contributed by atoms with Crippen molar-refractivity contribution in [3.05, 3.63) is 34.9 Å². The number of aliphatic imine (C=N–C) groups is 1. The van der Waals surface area contributed by atoms with Crippen molar-refractivity contribution in [1.82, 2.24) is 20.9 Å². The van der Waals surface area contributed by atoms with Crippen molar-refractivity contribution in [1.29, 1.82) is 0 Å². The number of rotatable bonds is 8. The molecule has 1 saturated heterocycles. The Kier molecular flexibility index (Phi) is 13.3. The zero-order chi connectivity index (χ0) is 19.3. The number of carbonyl (C=O) groups excluding carboxylic acids is 1. The summed E-state index contributed by atoms with van der Waals surface area (Å²) in [6, 6.07) is 6.87. The van der Waals surface area contributed by atoms with Gasteiger partial charge in [0.15, 0.2) is 5.96 Å². The summed E-state index contributed by atoms with van der Waals surface area (Å²) in [5.41, 5.74) is 0.607. The molecule has 6 nitrogen and oxygen atoms in total. The topological polar surface area (TPSA) is 68.8 Å². The molecule has 0 saturated carbocycles. The van der Waals surface area contributed by atoms with Crippen LogP contribution >= 0.6 is 35.6 Å². The molecular formula is C20H33ClIN5O. The molecule has 1 aliphatic heterocycles. The van der Waals surface area contributed by atoms with Crippen molar-refractivity contribution >= 4 is 47.4 Å². The molecular weight excluding hydrogens is 489 g/mol. The average molecular weight is 522 g/mol. The van der Waals surface area contributed by atoms with E-state index < -0.39 is 0 Å². The molecule has 0 aliphatic carbocycles. The molecule has 0 aromatic heterocycles. The lowest BCUT2D eigenvalue weighted by Crippen LogP contribution is -2.42. The molecule has 2 rings (SSSR count). The van der Waals surface area contributed by atoms with Crippen LogP contribution in [-0.2, 0) is 0 Å². The standard InChI is InChI=1S/C20H32ClN5O.HI/c1-22-20(24-11-6-16-26-14-4-2-3-5-15-26)25-13-12-23-19(27)17-7-9-18(21)10-8-17;/h7-10H,2-6,11-16H2,1H3,(H,23,27)(H2,22,24,25);1H. The molecule has 0 unspecified atom stereocenters. The van der Waals surface area contributed by atoms with Crippen LogP contribution in [0.15, 0.2) is 29.3 Å². The molecule has 1 heterocycles. The molecule has 1 aromatic carbocycles. The van der Waals surface area contributed by atoms with E-state index in [0.717, 1.165) is 25.5 Å². The van der Waals surface area contributed by atoms with Crippen molar-refractivity contribution < 1.29 is 4.79 Å². The first kappa shape index (κ1) is 25.0. The molecule has 0 spiro atoms. The summed E-state index contributed by atoms with van der Waals surface area (Å²) >= 11 is 5.83. The van der Waals surface area contributed by atoms with Gasteiger partial charge in [-0.25, -0.2) is 0 Å². The Hall–Kier alpha value is -1.06. The van der Waals surface area contributed by atoms with E-state index >= 15 is 0 Å². The van der Waals surface area contributed by atoms with Crippen LogP contribution in [0.4, 0.5) is 0 Å². The second-order valence-electron chi connectivity index (χ2n) is 6.80. The lowest BCUT2D eigenvalue weighted by molar-refractivity contribution is 0.0954. The highest BCUT2D eigenvalue weighted by atomic mass is 127. The lowest BCUT2D eigenvalue weighted by atomic mass is 10.2. The molecule has 1 aromatic rings. The van der Waals surface area contributed by atoms with Crippen molar-refractivity contribution in [2.45, 2.75) is 32.1 Å². The summed E-state index contributed by atoms with van der Waals surface area (Å²) in [6.45, 7) is 5.65. The zero-order valence-electron chi connectivity index (χ0n) is 16.7. The van der Waals surface area contributed by atoms with Gasteiger partial charge in [0.05, 0.1) is 0 Å². The highest BCUT2D eigenvalue weighted by molar-refractivity contribution is 14.0. The third kappa shape index (κ3) is 9.93. The van der Waals surface area contributed by atoms with E-state index in [1.807, 2.05) is 0 Å². The average Bonchev–Trinajstić information content (AvgIpc) is 2.96. The van der Waals surface area contributed by atoms with E-state index in [9.17, 15) is 4.79 Å². The third-order valence-electron chi connectivity index (χ3n) is 4.68. The first-order valence-corrected chi connectivity index (χ1v) is 10.3. The minimum Gasteiger partial charge on any atom is -0.356 e. The maximum Gasteiger partial charge on any atom is 0.251 e. The lowest BCUT2D eigenvalue weighted by Gasteiger charge is -2.20. The predicted octanol–water partition coefficient (Wildman–Crippen LogP) is 3.12. The van der Waals surface area contributed by atoms with Gasteiger partial charge in [0.25, 0.3) is 5.91 Å². The molecule has 28 heavy (non-hydrogen) atoms. The Morgan fingerprint density at radius 1 is 1.00 bits per heavy atom. The fraction of sp³-hybridized carbons (Fsp3) is 0.600. The number of halogens is 2. The number of carbonyl (C=O) groups is 1. The molecule has 0 radical (unpaired) electrons. The maximum absolute atomic E-state index is 12.0. The van der Waals surface area contributed by atoms with Crippen molar-refractivity contribution in [2.24, 2.45) is 4.99 Å². The summed E-state index contributed by atoms with van der Waals surface area (Å²) in [7, 11) is 1.76. The first-order valence-electron chi connectivity index (χ1n) is 9.89. The minimum absolute atomic E-state index is 0. The highest BCUT2D eigenvalue weighted by Crippen LogP contribution is 2.10. The van der Waals surface area contributed by atoms with Gasteiger partial charge in [0.1, 0.15) is 0 Å². The van der Waals surface area contributed by atoms with E-state index in [0.29, 0.717) is 23.7 Å². The quantitative estimate of drug-likeness (QED) is 0.213. The van der Waals surface area contributed by atoms with Gasteiger partial charge in [-0.3, -0.25) is 9.79 Å². The minimum atomic E-state index is -0.103. The fourth-order valence-corrected chi connectivity index (χ4v) is 3.28. The van der Waals surface area contributed by atoms with Crippen LogP contribution in [0.1, 0.15) is 42.5 Å². The first-order chi connectivity index (χ1) is 13.2. The number of hydrogen-bond donors (Lipinski definition) is 3. The Bertz CT molecular complexity index is 589. The predicted molar refractivity (Wildman–Crippen MR) is 128 cm³/mol. The van der Waals surface area contributed by atoms with Gasteiger partial charge in [-0.15, -0.1) is 24.0 Å². The number of nitrogens with one attached hydrogen (secondary N) is 3. The molecule has 1 aliphatic rings. The molecule has 0 bridgehead atoms. The van der Waals surface area contributed by atoms with Crippen LogP contribution in [0.3, 0.4) is 0 Å². The summed E-state index contributed by atoms with van der Waals surface area (Å²) in [4.78, 5) is 18.8. The van der Waals surface area contributed by atoms with Crippen molar-refractivity contribution in [2.75, 3.05) is 46.3 Å². The molecule has 8 heteroatoms. The summed E-state index contributed by atoms with van der Waals surface area (Å²) in [5.74, 6) is 0.667. The van der Waals surface area contributed by atoms with E-state index in [2.05, 4.69) is 25.8 Å². The Morgan fingerprint density at radius 2 is 1.61 bits per heavy atom. The number of amides is 1. The van der Waals surface area contributed by atoms with Crippen LogP contribution in [-0.4, -0.2) is 63.1 Å². The summed E-state index contributed by atoms with van der Waals surface area (Å²) in [6.07, 6.45) is 6.52. The van der Waals surface area contributed by atoms with Crippen LogP contribution in [0.25, 0.3) is 0 Å². The summed E-state index contributed by atoms with van der Waals surface area (Å²) in [5, 5.41) is 10.1. The van der Waals surface area contributed by atoms with Gasteiger partial charge in [-0.2, -0.15) is 0 Å². The second kappa shape index (κ2) is 14.9. The smallest absolute Gasteiger partial charge is 0.251 e. The van der Waals surface area contributed by atoms with Crippen LogP contribution < -0.4 is 16.0 Å². The van der Waals surface area contributed by atoms with E-state index in [4.69, 9.17) is 11.6 Å². The number of nitrogens with zero attached hydrogens (tertiary/aromatic N) is 2. The number of guanidine groups is 1. The van der Waals surface area contributed by atoms with Crippen LogP contribution in [0.5, 0.6) is 0 Å². The largest absolute Gasteiger partial charge is 0.356 e. The van der Waals surface area contributed by atoms with Crippen LogP contribution in [0.2, 0.25) is 5.02 Å². The van der Waals surface area contributed by atoms with Crippen molar-refractivity contribution in [3.8, 4) is 0 Å². The molecule has 158 valence electrons. The van der Waals surface area contributed by atoms with Gasteiger partial charge in [-0.1, -0.05) is 24.4 Å². The molecule has 1 fully saturated rings. The van der Waals surface area contributed by atoms with Gasteiger partial charge >= 0.3 is 0 Å². The Morgan fingerprint density at radius 3 is 2.25 bits per heavy atom. The van der Waals surface area contributed by atoms with Gasteiger partial charge < -0.3 is 20.9 Å².